The Labute approximate surface area is 99.4 Å². The molecule has 0 bridgehead atoms. The van der Waals surface area contributed by atoms with Crippen molar-refractivity contribution in [2.75, 3.05) is 6.61 Å². The zero-order chi connectivity index (χ0) is 11.7. The summed E-state index contributed by atoms with van der Waals surface area (Å²) in [4.78, 5) is 15.1. The molecule has 0 N–H and O–H groups in total. The molecule has 1 saturated carbocycles. The van der Waals surface area contributed by atoms with Gasteiger partial charge in [0.05, 0.1) is 12.1 Å². The van der Waals surface area contributed by atoms with Gasteiger partial charge in [0.25, 0.3) is 0 Å². The Balaban J connectivity index is 2.02. The highest BCUT2D eigenvalue weighted by molar-refractivity contribution is 5.88. The number of fused-ring (bicyclic) bond motifs is 1. The van der Waals surface area contributed by atoms with E-state index in [9.17, 15) is 4.79 Å². The minimum absolute atomic E-state index is 0.425. The first kappa shape index (κ1) is 10.3. The smallest absolute Gasteiger partial charge is 0.168 e. The van der Waals surface area contributed by atoms with Gasteiger partial charge in [0.1, 0.15) is 11.4 Å². The van der Waals surface area contributed by atoms with Crippen molar-refractivity contribution in [1.82, 2.24) is 4.98 Å². The van der Waals surface area contributed by atoms with Gasteiger partial charge in [-0.05, 0) is 30.9 Å². The van der Waals surface area contributed by atoms with Gasteiger partial charge in [-0.1, -0.05) is 12.1 Å². The number of hydrogen-bond donors (Lipinski definition) is 0. The van der Waals surface area contributed by atoms with Gasteiger partial charge in [-0.15, -0.1) is 0 Å². The molecule has 0 radical (unpaired) electrons. The van der Waals surface area contributed by atoms with Gasteiger partial charge in [-0.25, -0.2) is 4.98 Å². The molecule has 0 spiro atoms. The molecule has 1 fully saturated rings. The summed E-state index contributed by atoms with van der Waals surface area (Å²) in [6, 6.07) is 9.45. The van der Waals surface area contributed by atoms with Crippen LogP contribution < -0.4 is 4.74 Å². The highest BCUT2D eigenvalue weighted by atomic mass is 16.5. The van der Waals surface area contributed by atoms with E-state index in [2.05, 4.69) is 4.98 Å². The van der Waals surface area contributed by atoms with Crippen molar-refractivity contribution in [2.45, 2.75) is 12.8 Å². The maximum Gasteiger partial charge on any atom is 0.168 e. The van der Waals surface area contributed by atoms with Gasteiger partial charge in [0, 0.05) is 11.5 Å². The van der Waals surface area contributed by atoms with Crippen molar-refractivity contribution >= 4 is 17.2 Å². The molecule has 1 heterocycles. The van der Waals surface area contributed by atoms with Crippen LogP contribution >= 0.6 is 0 Å². The number of hydrogen-bond acceptors (Lipinski definition) is 3. The lowest BCUT2D eigenvalue weighted by molar-refractivity contribution is 0.111. The summed E-state index contributed by atoms with van der Waals surface area (Å²) in [5, 5.41) is 0.971. The lowest BCUT2D eigenvalue weighted by Crippen LogP contribution is -2.01. The van der Waals surface area contributed by atoms with Crippen LogP contribution in [0.15, 0.2) is 30.3 Å². The van der Waals surface area contributed by atoms with E-state index < -0.39 is 0 Å². The molecule has 0 amide bonds. The Bertz CT molecular complexity index is 561. The van der Waals surface area contributed by atoms with Crippen molar-refractivity contribution in [3.63, 3.8) is 0 Å². The van der Waals surface area contributed by atoms with Crippen molar-refractivity contribution in [3.8, 4) is 5.75 Å². The molecule has 2 aromatic rings. The molecule has 1 aliphatic rings. The molecule has 0 saturated heterocycles. The number of ether oxygens (including phenoxy) is 1. The molecule has 1 aromatic carbocycles. The summed E-state index contributed by atoms with van der Waals surface area (Å²) in [6.07, 6.45) is 3.27. The zero-order valence-corrected chi connectivity index (χ0v) is 9.43. The van der Waals surface area contributed by atoms with Gasteiger partial charge in [-0.2, -0.15) is 0 Å². The van der Waals surface area contributed by atoms with Gasteiger partial charge in [-0.3, -0.25) is 4.79 Å². The summed E-state index contributed by atoms with van der Waals surface area (Å²) in [5.74, 6) is 1.46. The van der Waals surface area contributed by atoms with E-state index in [1.807, 2.05) is 24.3 Å². The number of pyridine rings is 1. The lowest BCUT2D eigenvalue weighted by Gasteiger charge is -2.09. The van der Waals surface area contributed by atoms with E-state index in [1.165, 1.54) is 12.8 Å². The summed E-state index contributed by atoms with van der Waals surface area (Å²) >= 11 is 0. The van der Waals surface area contributed by atoms with Gasteiger partial charge >= 0.3 is 0 Å². The summed E-state index contributed by atoms with van der Waals surface area (Å²) < 4.78 is 5.79. The number of para-hydroxylation sites is 1. The largest absolute Gasteiger partial charge is 0.493 e. The van der Waals surface area contributed by atoms with Crippen LogP contribution in [0.25, 0.3) is 10.9 Å². The van der Waals surface area contributed by atoms with Crippen LogP contribution in [0.3, 0.4) is 0 Å². The Hall–Kier alpha value is -1.90. The van der Waals surface area contributed by atoms with Crippen LogP contribution in [-0.4, -0.2) is 17.9 Å². The van der Waals surface area contributed by atoms with Crippen molar-refractivity contribution in [1.29, 1.82) is 0 Å². The molecule has 0 aliphatic heterocycles. The maximum atomic E-state index is 10.8. The molecule has 3 nitrogen and oxygen atoms in total. The van der Waals surface area contributed by atoms with Crippen molar-refractivity contribution in [3.05, 3.63) is 36.0 Å². The minimum Gasteiger partial charge on any atom is -0.493 e. The van der Waals surface area contributed by atoms with E-state index in [0.717, 1.165) is 29.5 Å². The first-order chi connectivity index (χ1) is 8.36. The first-order valence-electron chi connectivity index (χ1n) is 5.84. The molecule has 0 unspecified atom stereocenters. The molecule has 3 heteroatoms. The average Bonchev–Trinajstić information content (AvgIpc) is 3.19. The second-order valence-electron chi connectivity index (χ2n) is 4.43. The van der Waals surface area contributed by atoms with Gasteiger partial charge < -0.3 is 4.74 Å². The highest BCUT2D eigenvalue weighted by Crippen LogP contribution is 2.31. The van der Waals surface area contributed by atoms with Crippen molar-refractivity contribution < 1.29 is 9.53 Å². The number of nitrogens with zero attached hydrogens (tertiary/aromatic N) is 1. The average molecular weight is 227 g/mol. The number of carbonyl (C=O) groups is 1. The molecular weight excluding hydrogens is 214 g/mol. The summed E-state index contributed by atoms with van der Waals surface area (Å²) in [6.45, 7) is 0.742. The fourth-order valence-electron chi connectivity index (χ4n) is 1.83. The second kappa shape index (κ2) is 4.17. The lowest BCUT2D eigenvalue weighted by atomic mass is 10.2. The van der Waals surface area contributed by atoms with Gasteiger partial charge in [0.15, 0.2) is 6.29 Å². The van der Waals surface area contributed by atoms with E-state index >= 15 is 0 Å². The maximum absolute atomic E-state index is 10.8. The Morgan fingerprint density at radius 2 is 2.18 bits per heavy atom. The third-order valence-electron chi connectivity index (χ3n) is 2.99. The SMILES string of the molecule is O=Cc1cc(OCC2CC2)c2ccccc2n1. The number of benzene rings is 1. The Kier molecular flexibility index (Phi) is 2.52. The topological polar surface area (TPSA) is 39.2 Å². The first-order valence-corrected chi connectivity index (χ1v) is 5.84. The van der Waals surface area contributed by atoms with Crippen LogP contribution in [0.4, 0.5) is 0 Å². The monoisotopic (exact) mass is 227 g/mol. The van der Waals surface area contributed by atoms with Crippen LogP contribution in [0, 0.1) is 5.92 Å². The van der Waals surface area contributed by atoms with E-state index in [0.29, 0.717) is 11.6 Å². The van der Waals surface area contributed by atoms with Gasteiger partial charge in [0.2, 0.25) is 0 Å². The molecule has 3 rings (SSSR count). The molecule has 1 aliphatic carbocycles. The predicted octanol–water partition coefficient (Wildman–Crippen LogP) is 2.84. The summed E-state index contributed by atoms with van der Waals surface area (Å²) in [7, 11) is 0. The van der Waals surface area contributed by atoms with Crippen LogP contribution in [0.5, 0.6) is 5.75 Å². The summed E-state index contributed by atoms with van der Waals surface area (Å²) in [5.41, 5.74) is 1.23. The normalized spacial score (nSPS) is 14.8. The zero-order valence-electron chi connectivity index (χ0n) is 9.43. The quantitative estimate of drug-likeness (QED) is 0.754. The van der Waals surface area contributed by atoms with Crippen LogP contribution in [0.2, 0.25) is 0 Å². The second-order valence-corrected chi connectivity index (χ2v) is 4.43. The molecule has 1 aromatic heterocycles. The van der Waals surface area contributed by atoms with Crippen molar-refractivity contribution in [2.24, 2.45) is 5.92 Å². The number of rotatable bonds is 4. The molecule has 86 valence electrons. The third kappa shape index (κ3) is 2.13. The van der Waals surface area contributed by atoms with Crippen LogP contribution in [-0.2, 0) is 0 Å². The fraction of sp³-hybridized carbons (Fsp3) is 0.286. The highest BCUT2D eigenvalue weighted by Gasteiger charge is 2.22. The van der Waals surface area contributed by atoms with Crippen LogP contribution in [0.1, 0.15) is 23.3 Å². The minimum atomic E-state index is 0.425. The van der Waals surface area contributed by atoms with E-state index in [4.69, 9.17) is 4.74 Å². The van der Waals surface area contributed by atoms with E-state index in [-0.39, 0.29) is 0 Å². The molecule has 0 atom stereocenters. The standard InChI is InChI=1S/C14H13NO2/c16-8-11-7-14(17-9-10-5-6-10)12-3-1-2-4-13(12)15-11/h1-4,7-8,10H,5-6,9H2. The number of aldehydes is 1. The predicted molar refractivity (Wildman–Crippen MR) is 65.3 cm³/mol. The third-order valence-corrected chi connectivity index (χ3v) is 2.99. The molecule has 17 heavy (non-hydrogen) atoms. The number of aromatic nitrogens is 1. The molecular formula is C14H13NO2. The fourth-order valence-corrected chi connectivity index (χ4v) is 1.83. The van der Waals surface area contributed by atoms with E-state index in [1.54, 1.807) is 6.07 Å². The Morgan fingerprint density at radius 1 is 1.35 bits per heavy atom. The number of carbonyl (C=O) groups excluding carboxylic acids is 1. The Morgan fingerprint density at radius 3 is 2.94 bits per heavy atom.